The van der Waals surface area contributed by atoms with Gasteiger partial charge in [0.05, 0.1) is 0 Å². The molecule has 0 aliphatic heterocycles. The molecule has 1 fully saturated rings. The second-order valence-corrected chi connectivity index (χ2v) is 11.5. The summed E-state index contributed by atoms with van der Waals surface area (Å²) in [6, 6.07) is 0.823. The Morgan fingerprint density at radius 2 is 0.844 bits per heavy atom. The Balaban J connectivity index is 1.85. The largest absolute Gasteiger partial charge is 0.306 e. The summed E-state index contributed by atoms with van der Waals surface area (Å²) >= 11 is 0. The smallest absolute Gasteiger partial charge is 0.00891 e. The summed E-state index contributed by atoms with van der Waals surface area (Å²) in [7, 11) is 4.59. The molecule has 0 amide bonds. The van der Waals surface area contributed by atoms with E-state index in [1.165, 1.54) is 141 Å². The maximum absolute atomic E-state index is 2.50. The Kier molecular flexibility index (Phi) is 20.1. The normalized spacial score (nSPS) is 19.0. The molecule has 0 bridgehead atoms. The summed E-state index contributed by atoms with van der Waals surface area (Å²) in [4.78, 5) is 2.50. The molecule has 0 aromatic rings. The Morgan fingerprint density at radius 3 is 1.25 bits per heavy atom. The van der Waals surface area contributed by atoms with Crippen LogP contribution in [0, 0.1) is 11.8 Å². The zero-order valence-corrected chi connectivity index (χ0v) is 23.1. The molecule has 3 atom stereocenters. The van der Waals surface area contributed by atoms with E-state index in [-0.39, 0.29) is 0 Å². The van der Waals surface area contributed by atoms with E-state index >= 15 is 0 Å². The molecule has 0 radical (unpaired) electrons. The van der Waals surface area contributed by atoms with Gasteiger partial charge in [0.2, 0.25) is 0 Å². The summed E-state index contributed by atoms with van der Waals surface area (Å²) in [5, 5.41) is 0. The zero-order chi connectivity index (χ0) is 23.3. The highest BCUT2D eigenvalue weighted by Crippen LogP contribution is 2.45. The molecular formula is C31H63N. The van der Waals surface area contributed by atoms with E-state index in [2.05, 4.69) is 32.8 Å². The fourth-order valence-electron chi connectivity index (χ4n) is 5.70. The predicted molar refractivity (Wildman–Crippen MR) is 147 cm³/mol. The minimum Gasteiger partial charge on any atom is -0.306 e. The molecular weight excluding hydrogens is 386 g/mol. The lowest BCUT2D eigenvalue weighted by Crippen LogP contribution is -2.27. The summed E-state index contributed by atoms with van der Waals surface area (Å²) in [6.45, 7) is 4.63. The SMILES string of the molecule is CCCCCCCCCCC(CCCCCCCCCC1CC1CCCCCC)N(C)C. The fourth-order valence-corrected chi connectivity index (χ4v) is 5.70. The molecule has 3 unspecified atom stereocenters. The molecule has 1 rings (SSSR count). The van der Waals surface area contributed by atoms with Gasteiger partial charge in [-0.15, -0.1) is 0 Å². The van der Waals surface area contributed by atoms with Crippen LogP contribution in [0.15, 0.2) is 0 Å². The van der Waals surface area contributed by atoms with Crippen LogP contribution in [0.3, 0.4) is 0 Å². The van der Waals surface area contributed by atoms with Crippen LogP contribution in [-0.4, -0.2) is 25.0 Å². The van der Waals surface area contributed by atoms with Gasteiger partial charge in [-0.3, -0.25) is 0 Å². The maximum atomic E-state index is 2.50. The summed E-state index contributed by atoms with van der Waals surface area (Å²) in [6.07, 6.45) is 35.2. The Hall–Kier alpha value is -0.0400. The second-order valence-electron chi connectivity index (χ2n) is 11.5. The summed E-state index contributed by atoms with van der Waals surface area (Å²) in [5.41, 5.74) is 0. The molecule has 1 aliphatic rings. The van der Waals surface area contributed by atoms with E-state index in [1.807, 2.05) is 0 Å². The first-order valence-electron chi connectivity index (χ1n) is 15.3. The van der Waals surface area contributed by atoms with Crippen molar-refractivity contribution < 1.29 is 0 Å². The molecule has 0 aromatic heterocycles. The van der Waals surface area contributed by atoms with E-state index in [4.69, 9.17) is 0 Å². The van der Waals surface area contributed by atoms with Crippen molar-refractivity contribution in [1.29, 1.82) is 0 Å². The molecule has 0 saturated heterocycles. The van der Waals surface area contributed by atoms with Crippen molar-refractivity contribution in [2.45, 2.75) is 174 Å². The minimum absolute atomic E-state index is 0.823. The number of unbranched alkanes of at least 4 members (excludes halogenated alkanes) is 16. The van der Waals surface area contributed by atoms with Gasteiger partial charge >= 0.3 is 0 Å². The lowest BCUT2D eigenvalue weighted by molar-refractivity contribution is 0.251. The van der Waals surface area contributed by atoms with Crippen LogP contribution in [-0.2, 0) is 0 Å². The van der Waals surface area contributed by atoms with Crippen molar-refractivity contribution in [2.24, 2.45) is 11.8 Å². The Morgan fingerprint density at radius 1 is 0.500 bits per heavy atom. The van der Waals surface area contributed by atoms with Crippen LogP contribution in [0.5, 0.6) is 0 Å². The minimum atomic E-state index is 0.823. The highest BCUT2D eigenvalue weighted by Gasteiger charge is 2.34. The first kappa shape index (κ1) is 30.0. The zero-order valence-electron chi connectivity index (χ0n) is 23.1. The van der Waals surface area contributed by atoms with E-state index in [0.717, 1.165) is 17.9 Å². The molecule has 1 aliphatic carbocycles. The molecule has 1 heteroatoms. The third-order valence-corrected chi connectivity index (χ3v) is 8.23. The monoisotopic (exact) mass is 449 g/mol. The average molecular weight is 450 g/mol. The highest BCUT2D eigenvalue weighted by atomic mass is 15.1. The molecule has 1 nitrogen and oxygen atoms in total. The molecule has 0 aromatic carbocycles. The number of hydrogen-bond acceptors (Lipinski definition) is 1. The van der Waals surface area contributed by atoms with Gasteiger partial charge in [-0.2, -0.15) is 0 Å². The third-order valence-electron chi connectivity index (χ3n) is 8.23. The highest BCUT2D eigenvalue weighted by molar-refractivity contribution is 4.85. The summed E-state index contributed by atoms with van der Waals surface area (Å²) in [5.74, 6) is 2.25. The lowest BCUT2D eigenvalue weighted by atomic mass is 9.99. The van der Waals surface area contributed by atoms with Crippen LogP contribution in [0.1, 0.15) is 168 Å². The van der Waals surface area contributed by atoms with Crippen LogP contribution >= 0.6 is 0 Å². The predicted octanol–water partition coefficient (Wildman–Crippen LogP) is 10.6. The van der Waals surface area contributed by atoms with Gasteiger partial charge in [0.25, 0.3) is 0 Å². The van der Waals surface area contributed by atoms with Crippen LogP contribution in [0.2, 0.25) is 0 Å². The van der Waals surface area contributed by atoms with Crippen LogP contribution in [0.4, 0.5) is 0 Å². The van der Waals surface area contributed by atoms with E-state index in [1.54, 1.807) is 12.8 Å². The van der Waals surface area contributed by atoms with E-state index in [9.17, 15) is 0 Å². The van der Waals surface area contributed by atoms with Gasteiger partial charge in [-0.25, -0.2) is 0 Å². The van der Waals surface area contributed by atoms with Crippen LogP contribution < -0.4 is 0 Å². The van der Waals surface area contributed by atoms with Crippen molar-refractivity contribution in [1.82, 2.24) is 4.90 Å². The Labute approximate surface area is 204 Å². The van der Waals surface area contributed by atoms with E-state index < -0.39 is 0 Å². The molecule has 32 heavy (non-hydrogen) atoms. The van der Waals surface area contributed by atoms with Gasteiger partial charge in [0.1, 0.15) is 0 Å². The average Bonchev–Trinajstić information content (AvgIpc) is 3.53. The quantitative estimate of drug-likeness (QED) is 0.125. The van der Waals surface area contributed by atoms with Gasteiger partial charge < -0.3 is 4.90 Å². The lowest BCUT2D eigenvalue weighted by Gasteiger charge is -2.24. The van der Waals surface area contributed by atoms with Crippen LogP contribution in [0.25, 0.3) is 0 Å². The topological polar surface area (TPSA) is 3.24 Å². The van der Waals surface area contributed by atoms with Crippen molar-refractivity contribution in [3.05, 3.63) is 0 Å². The maximum Gasteiger partial charge on any atom is 0.00891 e. The third kappa shape index (κ3) is 17.4. The van der Waals surface area contributed by atoms with Gasteiger partial charge in [0, 0.05) is 6.04 Å². The number of rotatable bonds is 25. The van der Waals surface area contributed by atoms with Crippen molar-refractivity contribution >= 4 is 0 Å². The van der Waals surface area contributed by atoms with Gasteiger partial charge in [0.15, 0.2) is 0 Å². The Bertz CT molecular complexity index is 377. The molecule has 1 saturated carbocycles. The van der Waals surface area contributed by atoms with Crippen molar-refractivity contribution in [3.63, 3.8) is 0 Å². The first-order chi connectivity index (χ1) is 15.7. The second kappa shape index (κ2) is 21.5. The van der Waals surface area contributed by atoms with Gasteiger partial charge in [-0.1, -0.05) is 149 Å². The number of hydrogen-bond donors (Lipinski definition) is 0. The fraction of sp³-hybridized carbons (Fsp3) is 1.00. The molecule has 0 N–H and O–H groups in total. The molecule has 0 heterocycles. The van der Waals surface area contributed by atoms with Crippen molar-refractivity contribution in [3.8, 4) is 0 Å². The first-order valence-corrected chi connectivity index (χ1v) is 15.3. The summed E-state index contributed by atoms with van der Waals surface area (Å²) < 4.78 is 0. The van der Waals surface area contributed by atoms with Gasteiger partial charge in [-0.05, 0) is 45.2 Å². The standard InChI is InChI=1S/C31H63N/c1-5-7-9-11-12-15-18-22-26-31(32(3)4)27-23-19-16-13-14-17-21-25-30-28-29(30)24-20-10-8-6-2/h29-31H,5-28H2,1-4H3. The molecule has 192 valence electrons. The molecule has 0 spiro atoms. The van der Waals surface area contributed by atoms with E-state index in [0.29, 0.717) is 0 Å². The number of nitrogens with zero attached hydrogens (tertiary/aromatic N) is 1. The van der Waals surface area contributed by atoms with Crippen molar-refractivity contribution in [2.75, 3.05) is 14.1 Å².